The lowest BCUT2D eigenvalue weighted by Crippen LogP contribution is -2.40. The van der Waals surface area contributed by atoms with Crippen molar-refractivity contribution in [3.8, 4) is 0 Å². The summed E-state index contributed by atoms with van der Waals surface area (Å²) in [4.78, 5) is 10.3. The minimum atomic E-state index is -3.78. The molecule has 1 saturated carbocycles. The normalized spacial score (nSPS) is 21.5. The summed E-state index contributed by atoms with van der Waals surface area (Å²) < 4.78 is 27.8. The molecule has 0 bridgehead atoms. The fraction of sp³-hybridized carbons (Fsp3) is 0.571. The molecule has 0 aromatic heterocycles. The summed E-state index contributed by atoms with van der Waals surface area (Å²) in [7, 11) is -3.78. The Morgan fingerprint density at radius 3 is 2.30 bits per heavy atom. The predicted octanol–water partition coefficient (Wildman–Crippen LogP) is 2.18. The lowest BCUT2D eigenvalue weighted by atomic mass is 9.93. The van der Waals surface area contributed by atoms with E-state index in [-0.39, 0.29) is 35.1 Å². The molecule has 7 nitrogen and oxygen atoms in total. The molecule has 23 heavy (non-hydrogen) atoms. The number of nitrogens with one attached hydrogen (secondary N) is 1. The number of non-ortho nitro benzene ring substituents is 1. The first-order chi connectivity index (χ1) is 10.2. The second kappa shape index (κ2) is 7.57. The number of nitrogens with zero attached hydrogens (tertiary/aromatic N) is 1. The van der Waals surface area contributed by atoms with Gasteiger partial charge in [-0.1, -0.05) is 0 Å². The minimum absolute atomic E-state index is 0. The molecule has 1 aromatic carbocycles. The zero-order valence-corrected chi connectivity index (χ0v) is 14.7. The van der Waals surface area contributed by atoms with Crippen molar-refractivity contribution in [2.75, 3.05) is 0 Å². The quantitative estimate of drug-likeness (QED) is 0.628. The van der Waals surface area contributed by atoms with Crippen LogP contribution in [0.25, 0.3) is 0 Å². The Balaban J connectivity index is 0.00000264. The molecule has 0 spiro atoms. The molecular weight excluding hydrogens is 342 g/mol. The molecule has 3 N–H and O–H groups in total. The Bertz CT molecular complexity index is 686. The third-order valence-corrected chi connectivity index (χ3v) is 5.85. The molecule has 2 rings (SSSR count). The van der Waals surface area contributed by atoms with Crippen LogP contribution >= 0.6 is 12.4 Å². The number of hydrogen-bond acceptors (Lipinski definition) is 5. The second-order valence-electron chi connectivity index (χ2n) is 5.88. The van der Waals surface area contributed by atoms with E-state index < -0.39 is 14.9 Å². The van der Waals surface area contributed by atoms with E-state index in [9.17, 15) is 18.5 Å². The van der Waals surface area contributed by atoms with Crippen molar-refractivity contribution in [3.63, 3.8) is 0 Å². The van der Waals surface area contributed by atoms with E-state index in [1.54, 1.807) is 13.8 Å². The van der Waals surface area contributed by atoms with Crippen LogP contribution in [0.4, 0.5) is 5.69 Å². The number of aryl methyl sites for hydroxylation is 1. The molecule has 1 aliphatic carbocycles. The van der Waals surface area contributed by atoms with Gasteiger partial charge < -0.3 is 5.73 Å². The molecule has 0 aliphatic heterocycles. The molecule has 0 saturated heterocycles. The number of halogens is 1. The third-order valence-electron chi connectivity index (χ3n) is 4.20. The molecule has 1 aliphatic rings. The number of nitro groups is 1. The van der Waals surface area contributed by atoms with Crippen molar-refractivity contribution in [2.24, 2.45) is 5.73 Å². The van der Waals surface area contributed by atoms with Crippen LogP contribution in [0.1, 0.15) is 36.8 Å². The van der Waals surface area contributed by atoms with Gasteiger partial charge in [-0.15, -0.1) is 12.4 Å². The molecule has 9 heteroatoms. The predicted molar refractivity (Wildman–Crippen MR) is 90.4 cm³/mol. The Morgan fingerprint density at radius 2 is 1.78 bits per heavy atom. The van der Waals surface area contributed by atoms with Gasteiger partial charge in [0.05, 0.1) is 9.82 Å². The van der Waals surface area contributed by atoms with Gasteiger partial charge in [0.2, 0.25) is 10.0 Å². The van der Waals surface area contributed by atoms with E-state index in [1.165, 1.54) is 6.07 Å². The standard InChI is InChI=1S/C14H21N3O4S.ClH/c1-9-7-13(17(18)19)8-14(10(9)2)22(20,21)16-12-5-3-11(15)4-6-12;/h7-8,11-12,16H,3-6,15H2,1-2H3;1H. The monoisotopic (exact) mass is 363 g/mol. The molecule has 0 amide bonds. The number of nitrogens with two attached hydrogens (primary N) is 1. The van der Waals surface area contributed by atoms with Crippen molar-refractivity contribution in [1.82, 2.24) is 4.72 Å². The average molecular weight is 364 g/mol. The fourth-order valence-corrected chi connectivity index (χ4v) is 4.35. The van der Waals surface area contributed by atoms with E-state index in [2.05, 4.69) is 4.72 Å². The smallest absolute Gasteiger partial charge is 0.271 e. The van der Waals surface area contributed by atoms with Gasteiger partial charge in [0.1, 0.15) is 0 Å². The molecule has 0 unspecified atom stereocenters. The van der Waals surface area contributed by atoms with Crippen molar-refractivity contribution in [3.05, 3.63) is 33.4 Å². The van der Waals surface area contributed by atoms with Gasteiger partial charge in [0, 0.05) is 24.2 Å². The summed E-state index contributed by atoms with van der Waals surface area (Å²) in [6.45, 7) is 3.32. The van der Waals surface area contributed by atoms with Crippen LogP contribution in [0.15, 0.2) is 17.0 Å². The number of benzene rings is 1. The number of nitro benzene ring substituents is 1. The molecule has 0 radical (unpaired) electrons. The molecule has 1 aromatic rings. The Hall–Kier alpha value is -1.22. The van der Waals surface area contributed by atoms with Crippen LogP contribution in [0.2, 0.25) is 0 Å². The van der Waals surface area contributed by atoms with E-state index in [1.807, 2.05) is 0 Å². The van der Waals surface area contributed by atoms with Gasteiger partial charge in [-0.3, -0.25) is 10.1 Å². The van der Waals surface area contributed by atoms with Gasteiger partial charge in [-0.25, -0.2) is 13.1 Å². The SMILES string of the molecule is Cc1cc([N+](=O)[O-])cc(S(=O)(=O)NC2CCC(N)CC2)c1C.Cl. The van der Waals surface area contributed by atoms with Crippen molar-refractivity contribution < 1.29 is 13.3 Å². The highest BCUT2D eigenvalue weighted by atomic mass is 35.5. The first-order valence-corrected chi connectivity index (χ1v) is 8.72. The van der Waals surface area contributed by atoms with Crippen LogP contribution in [0.5, 0.6) is 0 Å². The largest absolute Gasteiger partial charge is 0.328 e. The number of rotatable bonds is 4. The second-order valence-corrected chi connectivity index (χ2v) is 7.56. The number of sulfonamides is 1. The Labute approximate surface area is 142 Å². The maximum absolute atomic E-state index is 12.6. The summed E-state index contributed by atoms with van der Waals surface area (Å²) in [6, 6.07) is 2.47. The van der Waals surface area contributed by atoms with Crippen molar-refractivity contribution >= 4 is 28.1 Å². The zero-order valence-electron chi connectivity index (χ0n) is 13.1. The summed E-state index contributed by atoms with van der Waals surface area (Å²) in [5.41, 5.74) is 6.72. The Morgan fingerprint density at radius 1 is 1.22 bits per heavy atom. The highest BCUT2D eigenvalue weighted by Crippen LogP contribution is 2.26. The molecule has 0 heterocycles. The van der Waals surface area contributed by atoms with Gasteiger partial charge in [0.25, 0.3) is 5.69 Å². The highest BCUT2D eigenvalue weighted by Gasteiger charge is 2.27. The summed E-state index contributed by atoms with van der Waals surface area (Å²) >= 11 is 0. The van der Waals surface area contributed by atoms with E-state index in [0.29, 0.717) is 24.0 Å². The summed E-state index contributed by atoms with van der Waals surface area (Å²) in [5, 5.41) is 10.9. The van der Waals surface area contributed by atoms with Gasteiger partial charge in [0.15, 0.2) is 0 Å². The van der Waals surface area contributed by atoms with Crippen LogP contribution in [0.3, 0.4) is 0 Å². The number of hydrogen-bond donors (Lipinski definition) is 2. The first-order valence-electron chi connectivity index (χ1n) is 7.24. The minimum Gasteiger partial charge on any atom is -0.328 e. The third kappa shape index (κ3) is 4.63. The first kappa shape index (κ1) is 19.8. The van der Waals surface area contributed by atoms with Gasteiger partial charge in [-0.2, -0.15) is 0 Å². The lowest BCUT2D eigenvalue weighted by Gasteiger charge is -2.26. The summed E-state index contributed by atoms with van der Waals surface area (Å²) in [6.07, 6.45) is 2.93. The van der Waals surface area contributed by atoms with Crippen LogP contribution in [0, 0.1) is 24.0 Å². The fourth-order valence-electron chi connectivity index (χ4n) is 2.71. The maximum Gasteiger partial charge on any atom is 0.271 e. The highest BCUT2D eigenvalue weighted by molar-refractivity contribution is 7.89. The van der Waals surface area contributed by atoms with Crippen LogP contribution < -0.4 is 10.5 Å². The topological polar surface area (TPSA) is 115 Å². The average Bonchev–Trinajstić information content (AvgIpc) is 2.43. The molecule has 0 atom stereocenters. The van der Waals surface area contributed by atoms with Crippen molar-refractivity contribution in [1.29, 1.82) is 0 Å². The van der Waals surface area contributed by atoms with Gasteiger partial charge in [-0.05, 0) is 50.7 Å². The van der Waals surface area contributed by atoms with Crippen LogP contribution in [-0.4, -0.2) is 25.4 Å². The van der Waals surface area contributed by atoms with E-state index in [0.717, 1.165) is 18.9 Å². The van der Waals surface area contributed by atoms with Crippen molar-refractivity contribution in [2.45, 2.75) is 56.5 Å². The molecule has 130 valence electrons. The molecular formula is C14H22ClN3O4S. The lowest BCUT2D eigenvalue weighted by molar-refractivity contribution is -0.385. The maximum atomic E-state index is 12.6. The van der Waals surface area contributed by atoms with E-state index in [4.69, 9.17) is 5.73 Å². The van der Waals surface area contributed by atoms with Gasteiger partial charge >= 0.3 is 0 Å². The van der Waals surface area contributed by atoms with Crippen LogP contribution in [-0.2, 0) is 10.0 Å². The molecule has 1 fully saturated rings. The van der Waals surface area contributed by atoms with E-state index >= 15 is 0 Å². The zero-order chi connectivity index (χ0) is 16.5. The Kier molecular flexibility index (Phi) is 6.52. The summed E-state index contributed by atoms with van der Waals surface area (Å²) in [5.74, 6) is 0.